The van der Waals surface area contributed by atoms with Crippen LogP contribution in [-0.4, -0.2) is 23.7 Å². The molecule has 0 bridgehead atoms. The van der Waals surface area contributed by atoms with E-state index in [2.05, 4.69) is 11.9 Å². The average Bonchev–Trinajstić information content (AvgIpc) is 2.37. The Morgan fingerprint density at radius 2 is 1.95 bits per heavy atom. The molecule has 1 rings (SSSR count). The smallest absolute Gasteiger partial charge is 0.251 e. The summed E-state index contributed by atoms with van der Waals surface area (Å²) < 4.78 is 5.93. The normalized spacial score (nSPS) is 14.4. The number of ether oxygens (including phenoxy) is 1. The van der Waals surface area contributed by atoms with Gasteiger partial charge in [-0.3, -0.25) is 4.79 Å². The predicted octanol–water partition coefficient (Wildman–Crippen LogP) is 3.56. The maximum Gasteiger partial charge on any atom is 0.251 e. The Hall–Kier alpha value is -1.61. The lowest BCUT2D eigenvalue weighted by molar-refractivity contribution is -0.0647. The Kier molecular flexibility index (Phi) is 5.96. The number of amides is 1. The molecule has 0 unspecified atom stereocenters. The molecule has 0 aliphatic heterocycles. The minimum absolute atomic E-state index is 0.0817. The lowest BCUT2D eigenvalue weighted by Crippen LogP contribution is -2.45. The summed E-state index contributed by atoms with van der Waals surface area (Å²) >= 11 is 0. The molecule has 1 aromatic rings. The van der Waals surface area contributed by atoms with Crippen molar-refractivity contribution in [2.24, 2.45) is 0 Å². The molecule has 0 heterocycles. The Bertz CT molecular complexity index is 434. The van der Waals surface area contributed by atoms with Crippen molar-refractivity contribution >= 4 is 5.91 Å². The molecule has 1 aromatic carbocycles. The fraction of sp³-hybridized carbons (Fsp3) is 0.471. The molecule has 0 saturated heterocycles. The zero-order valence-electron chi connectivity index (χ0n) is 12.8. The van der Waals surface area contributed by atoms with Gasteiger partial charge in [0.2, 0.25) is 0 Å². The van der Waals surface area contributed by atoms with Crippen LogP contribution in [0.4, 0.5) is 0 Å². The van der Waals surface area contributed by atoms with Crippen LogP contribution < -0.4 is 5.32 Å². The summed E-state index contributed by atoms with van der Waals surface area (Å²) in [6.45, 7) is 11.8. The fourth-order valence-electron chi connectivity index (χ4n) is 2.03. The van der Waals surface area contributed by atoms with E-state index >= 15 is 0 Å². The third kappa shape index (κ3) is 5.57. The van der Waals surface area contributed by atoms with E-state index in [4.69, 9.17) is 4.74 Å². The Morgan fingerprint density at radius 3 is 2.45 bits per heavy atom. The van der Waals surface area contributed by atoms with Crippen LogP contribution in [0.15, 0.2) is 43.0 Å². The molecular weight excluding hydrogens is 250 g/mol. The summed E-state index contributed by atoms with van der Waals surface area (Å²) in [6, 6.07) is 9.12. The van der Waals surface area contributed by atoms with Crippen molar-refractivity contribution in [3.8, 4) is 0 Å². The van der Waals surface area contributed by atoms with Gasteiger partial charge in [0, 0.05) is 5.56 Å². The van der Waals surface area contributed by atoms with Crippen molar-refractivity contribution in [1.82, 2.24) is 5.32 Å². The summed E-state index contributed by atoms with van der Waals surface area (Å²) in [5, 5.41) is 3.02. The fourth-order valence-corrected chi connectivity index (χ4v) is 2.03. The number of rotatable bonds is 6. The number of carbonyl (C=O) groups excluding carboxylic acids is 1. The van der Waals surface area contributed by atoms with Crippen molar-refractivity contribution in [2.75, 3.05) is 0 Å². The van der Waals surface area contributed by atoms with Crippen LogP contribution in [0.5, 0.6) is 0 Å². The average molecular weight is 275 g/mol. The molecule has 3 heteroatoms. The van der Waals surface area contributed by atoms with Gasteiger partial charge in [0.1, 0.15) is 0 Å². The highest BCUT2D eigenvalue weighted by molar-refractivity contribution is 5.94. The zero-order chi connectivity index (χ0) is 15.2. The number of carbonyl (C=O) groups is 1. The lowest BCUT2D eigenvalue weighted by atomic mass is 10.1. The first-order valence-corrected chi connectivity index (χ1v) is 6.98. The molecular formula is C17H25NO2. The lowest BCUT2D eigenvalue weighted by Gasteiger charge is -2.31. The molecule has 0 aromatic heterocycles. The first-order valence-electron chi connectivity index (χ1n) is 6.98. The Labute approximate surface area is 122 Å². The Morgan fingerprint density at radius 1 is 1.35 bits per heavy atom. The SMILES string of the molecule is C=CC[C@@H](NC(=O)c1ccccc1)[C@H](C)OC(C)(C)C. The number of hydrogen-bond acceptors (Lipinski definition) is 2. The monoisotopic (exact) mass is 275 g/mol. The maximum absolute atomic E-state index is 12.2. The van der Waals surface area contributed by atoms with Crippen LogP contribution in [0.1, 0.15) is 44.5 Å². The molecule has 0 saturated carbocycles. The van der Waals surface area contributed by atoms with Crippen molar-refractivity contribution in [2.45, 2.75) is 51.9 Å². The van der Waals surface area contributed by atoms with Gasteiger partial charge in [-0.1, -0.05) is 24.3 Å². The van der Waals surface area contributed by atoms with Crippen molar-refractivity contribution < 1.29 is 9.53 Å². The van der Waals surface area contributed by atoms with Gasteiger partial charge in [-0.2, -0.15) is 0 Å². The van der Waals surface area contributed by atoms with E-state index in [1.165, 1.54) is 0 Å². The summed E-state index contributed by atoms with van der Waals surface area (Å²) in [7, 11) is 0. The van der Waals surface area contributed by atoms with Crippen molar-refractivity contribution in [3.05, 3.63) is 48.6 Å². The third-order valence-electron chi connectivity index (χ3n) is 2.88. The van der Waals surface area contributed by atoms with Crippen LogP contribution in [0.3, 0.4) is 0 Å². The van der Waals surface area contributed by atoms with Gasteiger partial charge in [0.05, 0.1) is 17.7 Å². The number of hydrogen-bond donors (Lipinski definition) is 1. The molecule has 0 fully saturated rings. The van der Waals surface area contributed by atoms with Crippen LogP contribution in [0.2, 0.25) is 0 Å². The van der Waals surface area contributed by atoms with Gasteiger partial charge < -0.3 is 10.1 Å². The van der Waals surface area contributed by atoms with E-state index < -0.39 is 0 Å². The summed E-state index contributed by atoms with van der Waals surface area (Å²) in [4.78, 5) is 12.2. The van der Waals surface area contributed by atoms with Gasteiger partial charge in [-0.05, 0) is 46.2 Å². The highest BCUT2D eigenvalue weighted by atomic mass is 16.5. The number of nitrogens with one attached hydrogen (secondary N) is 1. The zero-order valence-corrected chi connectivity index (χ0v) is 12.8. The van der Waals surface area contributed by atoms with E-state index in [1.54, 1.807) is 18.2 Å². The van der Waals surface area contributed by atoms with Crippen LogP contribution in [-0.2, 0) is 4.74 Å². The van der Waals surface area contributed by atoms with E-state index in [9.17, 15) is 4.79 Å². The molecule has 110 valence electrons. The highest BCUT2D eigenvalue weighted by Gasteiger charge is 2.24. The van der Waals surface area contributed by atoms with Gasteiger partial charge in [-0.15, -0.1) is 6.58 Å². The van der Waals surface area contributed by atoms with E-state index in [1.807, 2.05) is 45.9 Å². The minimum atomic E-state index is -0.240. The van der Waals surface area contributed by atoms with Crippen molar-refractivity contribution in [1.29, 1.82) is 0 Å². The van der Waals surface area contributed by atoms with Crippen molar-refractivity contribution in [3.63, 3.8) is 0 Å². The Balaban J connectivity index is 2.72. The van der Waals surface area contributed by atoms with E-state index in [0.717, 1.165) is 0 Å². The molecule has 1 N–H and O–H groups in total. The maximum atomic E-state index is 12.2. The summed E-state index contributed by atoms with van der Waals surface area (Å²) in [5.74, 6) is -0.0817. The largest absolute Gasteiger partial charge is 0.371 e. The summed E-state index contributed by atoms with van der Waals surface area (Å²) in [6.07, 6.45) is 2.40. The van der Waals surface area contributed by atoms with Crippen LogP contribution >= 0.6 is 0 Å². The van der Waals surface area contributed by atoms with Gasteiger partial charge in [0.25, 0.3) is 5.91 Å². The topological polar surface area (TPSA) is 38.3 Å². The highest BCUT2D eigenvalue weighted by Crippen LogP contribution is 2.15. The van der Waals surface area contributed by atoms with E-state index in [0.29, 0.717) is 12.0 Å². The van der Waals surface area contributed by atoms with Crippen LogP contribution in [0.25, 0.3) is 0 Å². The molecule has 0 spiro atoms. The second kappa shape index (κ2) is 7.25. The minimum Gasteiger partial charge on any atom is -0.371 e. The van der Waals surface area contributed by atoms with Gasteiger partial charge in [-0.25, -0.2) is 0 Å². The molecule has 1 amide bonds. The first-order chi connectivity index (χ1) is 9.33. The molecule has 0 aliphatic carbocycles. The molecule has 0 radical (unpaired) electrons. The number of benzene rings is 1. The quantitative estimate of drug-likeness (QED) is 0.806. The molecule has 20 heavy (non-hydrogen) atoms. The second-order valence-electron chi connectivity index (χ2n) is 5.91. The summed E-state index contributed by atoms with van der Waals surface area (Å²) in [5.41, 5.74) is 0.417. The third-order valence-corrected chi connectivity index (χ3v) is 2.88. The van der Waals surface area contributed by atoms with Crippen LogP contribution in [0, 0.1) is 0 Å². The standard InChI is InChI=1S/C17H25NO2/c1-6-10-15(13(2)20-17(3,4)5)18-16(19)14-11-8-7-9-12-14/h6-9,11-13,15H,1,10H2,2-5H3,(H,18,19)/t13-,15+/m0/s1. The van der Waals surface area contributed by atoms with Gasteiger partial charge >= 0.3 is 0 Å². The molecule has 3 nitrogen and oxygen atoms in total. The predicted molar refractivity (Wildman–Crippen MR) is 82.8 cm³/mol. The first kappa shape index (κ1) is 16.4. The molecule has 2 atom stereocenters. The second-order valence-corrected chi connectivity index (χ2v) is 5.91. The van der Waals surface area contributed by atoms with E-state index in [-0.39, 0.29) is 23.7 Å². The van der Waals surface area contributed by atoms with Gasteiger partial charge in [0.15, 0.2) is 0 Å². The molecule has 0 aliphatic rings.